The molecule has 0 saturated carbocycles. The van der Waals surface area contributed by atoms with Gasteiger partial charge >= 0.3 is 5.97 Å². The van der Waals surface area contributed by atoms with Gasteiger partial charge in [-0.25, -0.2) is 13.2 Å². The number of nitro groups is 1. The van der Waals surface area contributed by atoms with Gasteiger partial charge in [0.2, 0.25) is 10.0 Å². The molecule has 0 aliphatic carbocycles. The second kappa shape index (κ2) is 8.49. The smallest absolute Gasteiger partial charge is 0.339 e. The molecule has 9 heteroatoms. The number of nitro benzene ring substituents is 1. The highest BCUT2D eigenvalue weighted by Gasteiger charge is 2.30. The average Bonchev–Trinajstić information content (AvgIpc) is 2.73. The van der Waals surface area contributed by atoms with Crippen LogP contribution in [0.15, 0.2) is 53.4 Å². The third-order valence-corrected chi connectivity index (χ3v) is 6.49. The molecule has 1 heterocycles. The van der Waals surface area contributed by atoms with E-state index in [1.807, 2.05) is 0 Å². The van der Waals surface area contributed by atoms with Gasteiger partial charge in [0.25, 0.3) is 5.69 Å². The van der Waals surface area contributed by atoms with Gasteiger partial charge in [0.05, 0.1) is 15.4 Å². The van der Waals surface area contributed by atoms with Crippen LogP contribution < -0.4 is 0 Å². The van der Waals surface area contributed by atoms with Crippen LogP contribution in [-0.2, 0) is 21.4 Å². The number of esters is 1. The molecule has 2 aromatic carbocycles. The van der Waals surface area contributed by atoms with E-state index in [-0.39, 0.29) is 22.8 Å². The molecule has 1 aliphatic rings. The summed E-state index contributed by atoms with van der Waals surface area (Å²) in [7, 11) is -3.80. The van der Waals surface area contributed by atoms with E-state index in [9.17, 15) is 23.3 Å². The van der Waals surface area contributed by atoms with E-state index in [1.54, 1.807) is 18.2 Å². The average molecular weight is 404 g/mol. The van der Waals surface area contributed by atoms with Crippen molar-refractivity contribution in [3.05, 3.63) is 69.8 Å². The maximum Gasteiger partial charge on any atom is 0.339 e. The van der Waals surface area contributed by atoms with Crippen LogP contribution in [0.2, 0.25) is 0 Å². The van der Waals surface area contributed by atoms with E-state index in [4.69, 9.17) is 4.74 Å². The minimum Gasteiger partial charge on any atom is -0.457 e. The van der Waals surface area contributed by atoms with Gasteiger partial charge in [-0.2, -0.15) is 4.31 Å². The van der Waals surface area contributed by atoms with E-state index in [0.29, 0.717) is 18.7 Å². The molecule has 28 heavy (non-hydrogen) atoms. The summed E-state index contributed by atoms with van der Waals surface area (Å²) in [6.07, 6.45) is 2.57. The summed E-state index contributed by atoms with van der Waals surface area (Å²) in [6.45, 7) is 0.664. The summed E-state index contributed by atoms with van der Waals surface area (Å²) in [5.41, 5.74) is 0.291. The lowest BCUT2D eigenvalue weighted by Gasteiger charge is -2.26. The number of hydrogen-bond acceptors (Lipinski definition) is 6. The fourth-order valence-electron chi connectivity index (χ4n) is 3.09. The van der Waals surface area contributed by atoms with Crippen molar-refractivity contribution in [2.24, 2.45) is 0 Å². The van der Waals surface area contributed by atoms with Crippen molar-refractivity contribution >= 4 is 21.7 Å². The molecule has 148 valence electrons. The monoisotopic (exact) mass is 404 g/mol. The number of sulfonamides is 1. The second-order valence-corrected chi connectivity index (χ2v) is 8.37. The Balaban J connectivity index is 1.79. The molecule has 0 aromatic heterocycles. The number of nitrogens with zero attached hydrogens (tertiary/aromatic N) is 2. The van der Waals surface area contributed by atoms with Crippen molar-refractivity contribution in [1.29, 1.82) is 0 Å². The zero-order valence-electron chi connectivity index (χ0n) is 15.1. The lowest BCUT2D eigenvalue weighted by molar-refractivity contribution is -0.384. The highest BCUT2D eigenvalue weighted by Crippen LogP contribution is 2.24. The van der Waals surface area contributed by atoms with Gasteiger partial charge in [-0.3, -0.25) is 10.1 Å². The molecular weight excluding hydrogens is 384 g/mol. The maximum absolute atomic E-state index is 12.9. The van der Waals surface area contributed by atoms with Gasteiger partial charge in [0.1, 0.15) is 6.61 Å². The zero-order chi connectivity index (χ0) is 20.1. The van der Waals surface area contributed by atoms with E-state index in [0.717, 1.165) is 19.3 Å². The summed E-state index contributed by atoms with van der Waals surface area (Å²) >= 11 is 0. The number of benzene rings is 2. The minimum atomic E-state index is -3.80. The lowest BCUT2D eigenvalue weighted by Crippen LogP contribution is -2.36. The second-order valence-electron chi connectivity index (χ2n) is 6.46. The maximum atomic E-state index is 12.9. The first-order valence-electron chi connectivity index (χ1n) is 8.89. The van der Waals surface area contributed by atoms with Crippen LogP contribution in [0.1, 0.15) is 35.2 Å². The topological polar surface area (TPSA) is 107 Å². The molecule has 0 unspecified atom stereocenters. The number of rotatable bonds is 6. The van der Waals surface area contributed by atoms with Gasteiger partial charge in [0.15, 0.2) is 0 Å². The number of carbonyl (C=O) groups is 1. The minimum absolute atomic E-state index is 0.0431. The van der Waals surface area contributed by atoms with Gasteiger partial charge in [-0.05, 0) is 30.5 Å². The SMILES string of the molecule is O=C(OCc1cccc([N+](=O)[O-])c1)c1ccccc1S(=O)(=O)N1CCCCC1. The number of ether oxygens (including phenoxy) is 1. The number of carbonyl (C=O) groups excluding carboxylic acids is 1. The lowest BCUT2D eigenvalue weighted by atomic mass is 10.2. The molecule has 0 N–H and O–H groups in total. The standard InChI is InChI=1S/C19H20N2O6S/c22-19(27-14-15-7-6-8-16(13-15)21(23)24)17-9-2-3-10-18(17)28(25,26)20-11-4-1-5-12-20/h2-3,6-10,13H,1,4-5,11-12,14H2. The molecule has 0 spiro atoms. The van der Waals surface area contributed by atoms with Crippen LogP contribution in [0, 0.1) is 10.1 Å². The Morgan fingerprint density at radius 2 is 1.79 bits per heavy atom. The first-order chi connectivity index (χ1) is 13.4. The molecule has 2 aromatic rings. The van der Waals surface area contributed by atoms with Crippen molar-refractivity contribution < 1.29 is 22.9 Å². The van der Waals surface area contributed by atoms with Crippen LogP contribution in [0.5, 0.6) is 0 Å². The Morgan fingerprint density at radius 3 is 2.50 bits per heavy atom. The van der Waals surface area contributed by atoms with E-state index in [2.05, 4.69) is 0 Å². The molecule has 0 atom stereocenters. The van der Waals surface area contributed by atoms with Crippen molar-refractivity contribution in [2.75, 3.05) is 13.1 Å². The predicted molar refractivity (Wildman–Crippen MR) is 101 cm³/mol. The van der Waals surface area contributed by atoms with Crippen LogP contribution in [0.3, 0.4) is 0 Å². The first-order valence-corrected chi connectivity index (χ1v) is 10.3. The highest BCUT2D eigenvalue weighted by molar-refractivity contribution is 7.89. The number of non-ortho nitro benzene ring substituents is 1. The van der Waals surface area contributed by atoms with Gasteiger partial charge in [0, 0.05) is 25.2 Å². The Morgan fingerprint density at radius 1 is 1.07 bits per heavy atom. The van der Waals surface area contributed by atoms with Gasteiger partial charge in [-0.1, -0.05) is 30.7 Å². The first kappa shape index (κ1) is 20.0. The Labute approximate surface area is 162 Å². The summed E-state index contributed by atoms with van der Waals surface area (Å²) in [5.74, 6) is -0.789. The Kier molecular flexibility index (Phi) is 6.05. The number of hydrogen-bond donors (Lipinski definition) is 0. The number of piperidine rings is 1. The van der Waals surface area contributed by atoms with Crippen LogP contribution in [-0.4, -0.2) is 36.7 Å². The molecule has 0 radical (unpaired) electrons. The fourth-order valence-corrected chi connectivity index (χ4v) is 4.79. The third kappa shape index (κ3) is 4.37. The summed E-state index contributed by atoms with van der Waals surface area (Å²) in [4.78, 5) is 22.8. The Hall–Kier alpha value is -2.78. The zero-order valence-corrected chi connectivity index (χ0v) is 15.9. The van der Waals surface area contributed by atoms with Crippen LogP contribution >= 0.6 is 0 Å². The van der Waals surface area contributed by atoms with E-state index >= 15 is 0 Å². The molecule has 0 bridgehead atoms. The molecule has 3 rings (SSSR count). The summed E-state index contributed by atoms with van der Waals surface area (Å²) in [6, 6.07) is 11.7. The van der Waals surface area contributed by atoms with Crippen molar-refractivity contribution in [2.45, 2.75) is 30.8 Å². The molecule has 1 fully saturated rings. The van der Waals surface area contributed by atoms with Crippen molar-refractivity contribution in [1.82, 2.24) is 4.31 Å². The van der Waals surface area contributed by atoms with Crippen LogP contribution in [0.4, 0.5) is 5.69 Å². The molecule has 0 amide bonds. The molecule has 1 saturated heterocycles. The normalized spacial score (nSPS) is 15.1. The van der Waals surface area contributed by atoms with Crippen molar-refractivity contribution in [3.8, 4) is 0 Å². The van der Waals surface area contributed by atoms with Gasteiger partial charge in [-0.15, -0.1) is 0 Å². The van der Waals surface area contributed by atoms with E-state index in [1.165, 1.54) is 34.6 Å². The molecule has 8 nitrogen and oxygen atoms in total. The molecular formula is C19H20N2O6S. The predicted octanol–water partition coefficient (Wildman–Crippen LogP) is 3.13. The fraction of sp³-hybridized carbons (Fsp3) is 0.316. The van der Waals surface area contributed by atoms with Crippen molar-refractivity contribution in [3.63, 3.8) is 0 Å². The summed E-state index contributed by atoms with van der Waals surface area (Å²) < 4.78 is 32.5. The summed E-state index contributed by atoms with van der Waals surface area (Å²) in [5, 5.41) is 10.8. The Bertz CT molecular complexity index is 983. The van der Waals surface area contributed by atoms with Gasteiger partial charge < -0.3 is 4.74 Å². The molecule has 1 aliphatic heterocycles. The third-order valence-electron chi connectivity index (χ3n) is 4.53. The van der Waals surface area contributed by atoms with E-state index < -0.39 is 20.9 Å². The van der Waals surface area contributed by atoms with Crippen LogP contribution in [0.25, 0.3) is 0 Å². The largest absolute Gasteiger partial charge is 0.457 e. The quantitative estimate of drug-likeness (QED) is 0.416. The highest BCUT2D eigenvalue weighted by atomic mass is 32.2.